The Hall–Kier alpha value is -2.35. The lowest BCUT2D eigenvalue weighted by molar-refractivity contribution is -0.113. The number of hydrogen-bond acceptors (Lipinski definition) is 6. The summed E-state index contributed by atoms with van der Waals surface area (Å²) in [6.07, 6.45) is 0. The zero-order chi connectivity index (χ0) is 16.1. The van der Waals surface area contributed by atoms with Crippen LogP contribution in [-0.2, 0) is 4.79 Å². The summed E-state index contributed by atoms with van der Waals surface area (Å²) in [5.74, 6) is 0.502. The standard InChI is InChI=1S/C14H16N4O3S/c1-8-4-5-11(21-3)10(6-8)15-12(19)7-22-13-9(2)17-18-14(20)16-13/h4-6H,7H2,1-3H3,(H,15,19)(H,16,18,20). The maximum absolute atomic E-state index is 12.0. The molecule has 0 fully saturated rings. The van der Waals surface area contributed by atoms with Gasteiger partial charge in [-0.1, -0.05) is 17.8 Å². The van der Waals surface area contributed by atoms with Gasteiger partial charge in [-0.05, 0) is 31.5 Å². The van der Waals surface area contributed by atoms with Crippen LogP contribution in [0.5, 0.6) is 5.75 Å². The Morgan fingerprint density at radius 2 is 2.18 bits per heavy atom. The number of hydrogen-bond donors (Lipinski definition) is 2. The lowest BCUT2D eigenvalue weighted by Crippen LogP contribution is -2.17. The lowest BCUT2D eigenvalue weighted by atomic mass is 10.2. The van der Waals surface area contributed by atoms with Crippen LogP contribution in [0.3, 0.4) is 0 Å². The molecule has 2 N–H and O–H groups in total. The Bertz CT molecular complexity index is 745. The van der Waals surface area contributed by atoms with Crippen molar-refractivity contribution in [3.63, 3.8) is 0 Å². The smallest absolute Gasteiger partial charge is 0.362 e. The number of carbonyl (C=O) groups excluding carboxylic acids is 1. The zero-order valence-electron chi connectivity index (χ0n) is 12.5. The molecule has 0 spiro atoms. The highest BCUT2D eigenvalue weighted by Crippen LogP contribution is 2.25. The quantitative estimate of drug-likeness (QED) is 0.811. The molecule has 2 aromatic rings. The number of ether oxygens (including phenoxy) is 1. The van der Waals surface area contributed by atoms with E-state index in [-0.39, 0.29) is 11.7 Å². The highest BCUT2D eigenvalue weighted by molar-refractivity contribution is 8.00. The Labute approximate surface area is 131 Å². The number of aryl methyl sites for hydroxylation is 2. The predicted octanol–water partition coefficient (Wildman–Crippen LogP) is 1.52. The Morgan fingerprint density at radius 1 is 1.41 bits per heavy atom. The van der Waals surface area contributed by atoms with Gasteiger partial charge in [0.1, 0.15) is 10.8 Å². The molecule has 1 heterocycles. The van der Waals surface area contributed by atoms with Gasteiger partial charge in [-0.15, -0.1) is 0 Å². The van der Waals surface area contributed by atoms with Crippen molar-refractivity contribution in [3.05, 3.63) is 39.9 Å². The normalized spacial score (nSPS) is 10.3. The monoisotopic (exact) mass is 320 g/mol. The molecule has 0 aliphatic carbocycles. The fourth-order valence-corrected chi connectivity index (χ4v) is 2.50. The molecule has 0 saturated carbocycles. The molecular formula is C14H16N4O3S. The van der Waals surface area contributed by atoms with E-state index < -0.39 is 5.69 Å². The molecule has 0 saturated heterocycles. The summed E-state index contributed by atoms with van der Waals surface area (Å²) in [5, 5.41) is 9.28. The van der Waals surface area contributed by atoms with Gasteiger partial charge in [-0.3, -0.25) is 4.79 Å². The molecule has 0 radical (unpaired) electrons. The summed E-state index contributed by atoms with van der Waals surface area (Å²) >= 11 is 1.16. The number of methoxy groups -OCH3 is 1. The van der Waals surface area contributed by atoms with E-state index in [9.17, 15) is 9.59 Å². The van der Waals surface area contributed by atoms with E-state index >= 15 is 0 Å². The number of H-pyrrole nitrogens is 1. The minimum Gasteiger partial charge on any atom is -0.495 e. The largest absolute Gasteiger partial charge is 0.495 e. The number of aromatic nitrogens is 3. The lowest BCUT2D eigenvalue weighted by Gasteiger charge is -2.11. The molecule has 1 aromatic heterocycles. The third-order valence-electron chi connectivity index (χ3n) is 2.80. The van der Waals surface area contributed by atoms with Crippen LogP contribution in [0.1, 0.15) is 11.3 Å². The SMILES string of the molecule is COc1ccc(C)cc1NC(=O)CSc1nc(=O)[nH]nc1C. The maximum atomic E-state index is 12.0. The van der Waals surface area contributed by atoms with Crippen molar-refractivity contribution in [1.82, 2.24) is 15.2 Å². The van der Waals surface area contributed by atoms with E-state index in [2.05, 4.69) is 20.5 Å². The molecule has 0 atom stereocenters. The zero-order valence-corrected chi connectivity index (χ0v) is 13.3. The van der Waals surface area contributed by atoms with E-state index in [4.69, 9.17) is 4.74 Å². The number of anilines is 1. The van der Waals surface area contributed by atoms with Gasteiger partial charge in [-0.2, -0.15) is 10.1 Å². The third-order valence-corrected chi connectivity index (χ3v) is 3.87. The van der Waals surface area contributed by atoms with Crippen molar-refractivity contribution in [3.8, 4) is 5.75 Å². The molecule has 8 heteroatoms. The average molecular weight is 320 g/mol. The molecule has 116 valence electrons. The second-order valence-corrected chi connectivity index (χ2v) is 5.54. The van der Waals surface area contributed by atoms with Crippen LogP contribution in [0.4, 0.5) is 5.69 Å². The maximum Gasteiger partial charge on any atom is 0.362 e. The number of aromatic amines is 1. The first-order valence-electron chi connectivity index (χ1n) is 6.50. The van der Waals surface area contributed by atoms with E-state index in [0.29, 0.717) is 22.2 Å². The fraction of sp³-hybridized carbons (Fsp3) is 0.286. The summed E-state index contributed by atoms with van der Waals surface area (Å²) in [5.41, 5.74) is 1.67. The summed E-state index contributed by atoms with van der Waals surface area (Å²) in [7, 11) is 1.55. The summed E-state index contributed by atoms with van der Waals surface area (Å²) in [6.45, 7) is 3.64. The van der Waals surface area contributed by atoms with Crippen LogP contribution in [0.25, 0.3) is 0 Å². The first kappa shape index (κ1) is 16.0. The molecule has 2 rings (SSSR count). The highest BCUT2D eigenvalue weighted by Gasteiger charge is 2.10. The number of thioether (sulfide) groups is 1. The second kappa shape index (κ2) is 7.08. The predicted molar refractivity (Wildman–Crippen MR) is 84.5 cm³/mol. The van der Waals surface area contributed by atoms with Crippen LogP contribution in [-0.4, -0.2) is 34.0 Å². The van der Waals surface area contributed by atoms with Gasteiger partial charge in [-0.25, -0.2) is 9.89 Å². The van der Waals surface area contributed by atoms with E-state index in [1.165, 1.54) is 0 Å². The number of nitrogens with one attached hydrogen (secondary N) is 2. The highest BCUT2D eigenvalue weighted by atomic mass is 32.2. The van der Waals surface area contributed by atoms with Crippen LogP contribution >= 0.6 is 11.8 Å². The van der Waals surface area contributed by atoms with Gasteiger partial charge in [0.05, 0.1) is 24.2 Å². The Kier molecular flexibility index (Phi) is 5.16. The van der Waals surface area contributed by atoms with Gasteiger partial charge in [0.2, 0.25) is 5.91 Å². The van der Waals surface area contributed by atoms with E-state index in [1.54, 1.807) is 20.1 Å². The first-order chi connectivity index (χ1) is 10.5. The topological polar surface area (TPSA) is 97.0 Å². The van der Waals surface area contributed by atoms with Gasteiger partial charge < -0.3 is 10.1 Å². The molecular weight excluding hydrogens is 304 g/mol. The molecule has 0 aliphatic heterocycles. The molecule has 1 aromatic carbocycles. The molecule has 0 aliphatic rings. The van der Waals surface area contributed by atoms with Crippen molar-refractivity contribution in [1.29, 1.82) is 0 Å². The number of carbonyl (C=O) groups is 1. The number of amides is 1. The van der Waals surface area contributed by atoms with Crippen LogP contribution in [0.2, 0.25) is 0 Å². The van der Waals surface area contributed by atoms with Crippen molar-refractivity contribution in [2.45, 2.75) is 18.9 Å². The van der Waals surface area contributed by atoms with Crippen molar-refractivity contribution >= 4 is 23.4 Å². The minimum atomic E-state index is -0.533. The number of rotatable bonds is 5. The van der Waals surface area contributed by atoms with Gasteiger partial charge in [0.25, 0.3) is 0 Å². The van der Waals surface area contributed by atoms with Gasteiger partial charge in [0, 0.05) is 0 Å². The van der Waals surface area contributed by atoms with E-state index in [1.807, 2.05) is 19.1 Å². The Balaban J connectivity index is 2.03. The fourth-order valence-electron chi connectivity index (χ4n) is 1.75. The molecule has 1 amide bonds. The van der Waals surface area contributed by atoms with Gasteiger partial charge >= 0.3 is 5.69 Å². The van der Waals surface area contributed by atoms with Gasteiger partial charge in [0.15, 0.2) is 0 Å². The Morgan fingerprint density at radius 3 is 2.91 bits per heavy atom. The molecule has 22 heavy (non-hydrogen) atoms. The van der Waals surface area contributed by atoms with Crippen molar-refractivity contribution in [2.24, 2.45) is 0 Å². The summed E-state index contributed by atoms with van der Waals surface area (Å²) in [4.78, 5) is 27.0. The van der Waals surface area contributed by atoms with Crippen LogP contribution in [0, 0.1) is 13.8 Å². The average Bonchev–Trinajstić information content (AvgIpc) is 2.48. The number of nitrogens with zero attached hydrogens (tertiary/aromatic N) is 2. The second-order valence-electron chi connectivity index (χ2n) is 4.57. The van der Waals surface area contributed by atoms with E-state index in [0.717, 1.165) is 17.3 Å². The molecule has 0 unspecified atom stereocenters. The minimum absolute atomic E-state index is 0.121. The third kappa shape index (κ3) is 4.08. The van der Waals surface area contributed by atoms with Crippen LogP contribution < -0.4 is 15.7 Å². The van der Waals surface area contributed by atoms with Crippen molar-refractivity contribution in [2.75, 3.05) is 18.2 Å². The molecule has 7 nitrogen and oxygen atoms in total. The van der Waals surface area contributed by atoms with Crippen LogP contribution in [0.15, 0.2) is 28.0 Å². The number of benzene rings is 1. The molecule has 0 bridgehead atoms. The summed E-state index contributed by atoms with van der Waals surface area (Å²) < 4.78 is 5.21. The van der Waals surface area contributed by atoms with Crippen molar-refractivity contribution < 1.29 is 9.53 Å². The first-order valence-corrected chi connectivity index (χ1v) is 7.49. The summed E-state index contributed by atoms with van der Waals surface area (Å²) in [6, 6.07) is 5.53.